The van der Waals surface area contributed by atoms with Gasteiger partial charge in [0.1, 0.15) is 11.5 Å². The van der Waals surface area contributed by atoms with Gasteiger partial charge in [0.05, 0.1) is 6.61 Å². The Morgan fingerprint density at radius 3 is 2.08 bits per heavy atom. The van der Waals surface area contributed by atoms with Gasteiger partial charge in [-0.15, -0.1) is 0 Å². The van der Waals surface area contributed by atoms with Crippen molar-refractivity contribution < 1.29 is 9.84 Å². The summed E-state index contributed by atoms with van der Waals surface area (Å²) in [6, 6.07) is 4.05. The first-order valence-electron chi connectivity index (χ1n) is 9.14. The number of hydrogen-bond acceptors (Lipinski definition) is 2. The maximum absolute atomic E-state index is 10.8. The van der Waals surface area contributed by atoms with Crippen LogP contribution in [0.4, 0.5) is 0 Å². The molecule has 0 fully saturated rings. The first kappa shape index (κ1) is 19.1. The molecule has 24 heavy (non-hydrogen) atoms. The van der Waals surface area contributed by atoms with E-state index in [4.69, 9.17) is 4.74 Å². The van der Waals surface area contributed by atoms with E-state index in [1.165, 1.54) is 0 Å². The number of ether oxygens (including phenoxy) is 1. The van der Waals surface area contributed by atoms with Crippen molar-refractivity contribution in [2.24, 2.45) is 10.8 Å². The molecule has 136 valence electrons. The fourth-order valence-electron chi connectivity index (χ4n) is 4.75. The number of aromatic hydroxyl groups is 1. The molecule has 1 atom stereocenters. The molecule has 1 unspecified atom stereocenters. The van der Waals surface area contributed by atoms with Crippen molar-refractivity contribution in [1.82, 2.24) is 0 Å². The van der Waals surface area contributed by atoms with E-state index in [9.17, 15) is 5.11 Å². The number of rotatable bonds is 3. The average molecular weight is 333 g/mol. The smallest absolute Gasteiger partial charge is 0.123 e. The van der Waals surface area contributed by atoms with E-state index in [1.54, 1.807) is 0 Å². The minimum absolute atomic E-state index is 0.0300. The third-order valence-corrected chi connectivity index (χ3v) is 4.92. The Hall–Kier alpha value is -1.18. The van der Waals surface area contributed by atoms with Gasteiger partial charge in [-0.05, 0) is 41.2 Å². The van der Waals surface area contributed by atoms with Gasteiger partial charge in [-0.2, -0.15) is 0 Å². The highest BCUT2D eigenvalue weighted by Crippen LogP contribution is 2.50. The van der Waals surface area contributed by atoms with Crippen LogP contribution < -0.4 is 4.74 Å². The SMILES string of the molecule is CC(C)(C)CC(C)(C)c1cc2c(cc1O)C(C)(CC(C)(C)C)CO2. The number of benzene rings is 1. The number of phenolic OH excluding ortho intramolecular Hbond substituents is 1. The lowest BCUT2D eigenvalue weighted by atomic mass is 9.69. The van der Waals surface area contributed by atoms with E-state index in [2.05, 4.69) is 68.4 Å². The van der Waals surface area contributed by atoms with Crippen LogP contribution in [0.5, 0.6) is 11.5 Å². The molecule has 0 saturated carbocycles. The Morgan fingerprint density at radius 1 is 1.00 bits per heavy atom. The quantitative estimate of drug-likeness (QED) is 0.715. The maximum Gasteiger partial charge on any atom is 0.123 e. The van der Waals surface area contributed by atoms with Crippen molar-refractivity contribution in [1.29, 1.82) is 0 Å². The molecule has 0 saturated heterocycles. The molecule has 1 aliphatic heterocycles. The van der Waals surface area contributed by atoms with E-state index < -0.39 is 0 Å². The lowest BCUT2D eigenvalue weighted by Gasteiger charge is -2.34. The zero-order valence-electron chi connectivity index (χ0n) is 17.1. The molecule has 2 heteroatoms. The third kappa shape index (κ3) is 4.07. The van der Waals surface area contributed by atoms with Crippen LogP contribution in [0, 0.1) is 10.8 Å². The van der Waals surface area contributed by atoms with Gasteiger partial charge in [-0.3, -0.25) is 0 Å². The summed E-state index contributed by atoms with van der Waals surface area (Å²) < 4.78 is 6.07. The third-order valence-electron chi connectivity index (χ3n) is 4.92. The van der Waals surface area contributed by atoms with Crippen LogP contribution in [0.3, 0.4) is 0 Å². The minimum Gasteiger partial charge on any atom is -0.508 e. The van der Waals surface area contributed by atoms with Gasteiger partial charge in [-0.25, -0.2) is 0 Å². The standard InChI is InChI=1S/C22H36O2/c1-19(2,3)12-21(7,8)15-11-18-16(10-17(15)23)22(9,14-24-18)13-20(4,5)6/h10-11,23H,12-14H2,1-9H3. The predicted molar refractivity (Wildman–Crippen MR) is 102 cm³/mol. The molecule has 0 aromatic heterocycles. The number of hydrogen-bond donors (Lipinski definition) is 1. The average Bonchev–Trinajstić information content (AvgIpc) is 2.60. The number of phenols is 1. The van der Waals surface area contributed by atoms with E-state index in [-0.39, 0.29) is 21.7 Å². The van der Waals surface area contributed by atoms with Gasteiger partial charge < -0.3 is 9.84 Å². The Labute approximate surface area is 148 Å². The Balaban J connectivity index is 2.43. The number of fused-ring (bicyclic) bond motifs is 1. The van der Waals surface area contributed by atoms with Crippen LogP contribution in [-0.4, -0.2) is 11.7 Å². The van der Waals surface area contributed by atoms with Crippen molar-refractivity contribution in [2.75, 3.05) is 6.61 Å². The molecule has 0 bridgehead atoms. The Bertz CT molecular complexity index is 614. The Morgan fingerprint density at radius 2 is 1.58 bits per heavy atom. The van der Waals surface area contributed by atoms with Crippen LogP contribution in [-0.2, 0) is 10.8 Å². The molecule has 2 nitrogen and oxygen atoms in total. The first-order chi connectivity index (χ1) is 10.6. The summed E-state index contributed by atoms with van der Waals surface area (Å²) >= 11 is 0. The van der Waals surface area contributed by atoms with Gasteiger partial charge in [-0.1, -0.05) is 62.3 Å². The maximum atomic E-state index is 10.8. The van der Waals surface area contributed by atoms with Gasteiger partial charge >= 0.3 is 0 Å². The molecular weight excluding hydrogens is 296 g/mol. The van der Waals surface area contributed by atoms with Crippen LogP contribution in [0.2, 0.25) is 0 Å². The Kier molecular flexibility index (Phi) is 4.53. The van der Waals surface area contributed by atoms with Crippen LogP contribution in [0.1, 0.15) is 86.3 Å². The van der Waals surface area contributed by atoms with E-state index >= 15 is 0 Å². The van der Waals surface area contributed by atoms with Crippen molar-refractivity contribution >= 4 is 0 Å². The molecular formula is C22H36O2. The molecule has 2 rings (SSSR count). The van der Waals surface area contributed by atoms with E-state index in [1.807, 2.05) is 6.07 Å². The molecule has 1 aromatic rings. The van der Waals surface area contributed by atoms with Gasteiger partial charge in [0.2, 0.25) is 0 Å². The fraction of sp³-hybridized carbons (Fsp3) is 0.727. The summed E-state index contributed by atoms with van der Waals surface area (Å²) in [5.41, 5.74) is 2.46. The normalized spacial score (nSPS) is 21.5. The summed E-state index contributed by atoms with van der Waals surface area (Å²) in [7, 11) is 0. The molecule has 1 N–H and O–H groups in total. The zero-order valence-corrected chi connectivity index (χ0v) is 17.1. The van der Waals surface area contributed by atoms with Gasteiger partial charge in [0.15, 0.2) is 0 Å². The molecule has 1 heterocycles. The lowest BCUT2D eigenvalue weighted by molar-refractivity contribution is 0.210. The highest BCUT2D eigenvalue weighted by Gasteiger charge is 2.41. The molecule has 0 aliphatic carbocycles. The second-order valence-corrected chi connectivity index (χ2v) is 11.1. The van der Waals surface area contributed by atoms with E-state index in [0.29, 0.717) is 12.4 Å². The van der Waals surface area contributed by atoms with Crippen LogP contribution in [0.15, 0.2) is 12.1 Å². The molecule has 0 radical (unpaired) electrons. The monoisotopic (exact) mass is 332 g/mol. The minimum atomic E-state index is -0.0935. The topological polar surface area (TPSA) is 29.5 Å². The zero-order chi connectivity index (χ0) is 18.6. The fourth-order valence-corrected chi connectivity index (χ4v) is 4.75. The highest BCUT2D eigenvalue weighted by molar-refractivity contribution is 5.53. The second-order valence-electron chi connectivity index (χ2n) is 11.1. The summed E-state index contributed by atoms with van der Waals surface area (Å²) in [5.74, 6) is 1.37. The molecule has 1 aromatic carbocycles. The largest absolute Gasteiger partial charge is 0.508 e. The molecule has 1 aliphatic rings. The van der Waals surface area contributed by atoms with Crippen molar-refractivity contribution in [3.8, 4) is 11.5 Å². The van der Waals surface area contributed by atoms with Gasteiger partial charge in [0.25, 0.3) is 0 Å². The predicted octanol–water partition coefficient (Wildman–Crippen LogP) is 6.19. The van der Waals surface area contributed by atoms with Crippen LogP contribution in [0.25, 0.3) is 0 Å². The van der Waals surface area contributed by atoms with E-state index in [0.717, 1.165) is 29.7 Å². The summed E-state index contributed by atoms with van der Waals surface area (Å²) in [5, 5.41) is 10.8. The highest BCUT2D eigenvalue weighted by atomic mass is 16.5. The lowest BCUT2D eigenvalue weighted by Crippen LogP contribution is -2.29. The van der Waals surface area contributed by atoms with Gasteiger partial charge in [0, 0.05) is 16.5 Å². The summed E-state index contributed by atoms with van der Waals surface area (Å²) in [6.45, 7) is 20.9. The first-order valence-corrected chi connectivity index (χ1v) is 9.14. The van der Waals surface area contributed by atoms with Crippen molar-refractivity contribution in [3.63, 3.8) is 0 Å². The van der Waals surface area contributed by atoms with Crippen molar-refractivity contribution in [2.45, 2.75) is 86.0 Å². The summed E-state index contributed by atoms with van der Waals surface area (Å²) in [4.78, 5) is 0. The van der Waals surface area contributed by atoms with Crippen molar-refractivity contribution in [3.05, 3.63) is 23.3 Å². The van der Waals surface area contributed by atoms with Crippen LogP contribution >= 0.6 is 0 Å². The molecule has 0 amide bonds. The summed E-state index contributed by atoms with van der Waals surface area (Å²) in [6.07, 6.45) is 2.04. The molecule has 0 spiro atoms. The second kappa shape index (κ2) is 5.68.